The number of aldehydes is 1. The minimum Gasteiger partial charge on any atom is -0.348 e. The Kier molecular flexibility index (Phi) is 19.2. The molecule has 2 aliphatic heterocycles. The van der Waals surface area contributed by atoms with Crippen LogP contribution in [0, 0.1) is 0 Å². The van der Waals surface area contributed by atoms with Crippen molar-refractivity contribution in [2.75, 3.05) is 58.9 Å². The second-order valence-corrected chi connectivity index (χ2v) is 22.8. The molecule has 11 nitrogen and oxygen atoms in total. The SMILES string of the molecule is Clc1ccc2c(c1)CCc1cccnc1C2N1CCN(CCCCc2cnc[nH]2)CC1.Clc1ccc2c(c1)CCc1cccnc1C2N1CCNCC1.O=CCCCc1cn(C(c2ccccc2)(c2ccccc2)c2ccccc2)cn1. The maximum Gasteiger partial charge on any atom is 0.121 e. The van der Waals surface area contributed by atoms with Crippen molar-refractivity contribution >= 4 is 29.5 Å². The van der Waals surface area contributed by atoms with Gasteiger partial charge in [0.25, 0.3) is 0 Å². The number of carbonyl (C=O) groups excluding carboxylic acids is 1. The van der Waals surface area contributed by atoms with Crippen LogP contribution in [0.5, 0.6) is 0 Å². The molecule has 2 aliphatic carbocycles. The van der Waals surface area contributed by atoms with E-state index in [4.69, 9.17) is 33.2 Å². The fourth-order valence-electron chi connectivity index (χ4n) is 12.8. The maximum atomic E-state index is 10.7. The predicted molar refractivity (Wildman–Crippen MR) is 330 cm³/mol. The molecule has 2 fully saturated rings. The lowest BCUT2D eigenvalue weighted by atomic mass is 9.77. The Balaban J connectivity index is 0.000000131. The molecule has 0 bridgehead atoms. The number of hydrogen-bond donors (Lipinski definition) is 2. The molecule has 13 rings (SSSR count). The van der Waals surface area contributed by atoms with Crippen LogP contribution in [0.4, 0.5) is 0 Å². The number of nitrogens with zero attached hydrogens (tertiary/aromatic N) is 8. The number of aromatic amines is 1. The lowest BCUT2D eigenvalue weighted by Crippen LogP contribution is -2.48. The first-order valence-corrected chi connectivity index (χ1v) is 30.2. The molecule has 4 aliphatic rings. The van der Waals surface area contributed by atoms with E-state index in [2.05, 4.69) is 167 Å². The average molecular weight is 1130 g/mol. The van der Waals surface area contributed by atoms with Crippen molar-refractivity contribution in [3.05, 3.63) is 272 Å². The highest BCUT2D eigenvalue weighted by Crippen LogP contribution is 2.42. The van der Waals surface area contributed by atoms with Gasteiger partial charge in [-0.05, 0) is 151 Å². The summed E-state index contributed by atoms with van der Waals surface area (Å²) >= 11 is 12.6. The molecule has 5 aromatic carbocycles. The van der Waals surface area contributed by atoms with Gasteiger partial charge < -0.3 is 24.6 Å². The number of halogens is 2. The van der Waals surface area contributed by atoms with E-state index in [9.17, 15) is 4.79 Å². The zero-order valence-corrected chi connectivity index (χ0v) is 48.3. The minimum atomic E-state index is -0.528. The molecule has 420 valence electrons. The number of carbonyl (C=O) groups is 1. The summed E-state index contributed by atoms with van der Waals surface area (Å²) in [6.45, 7) is 9.76. The molecule has 0 spiro atoms. The van der Waals surface area contributed by atoms with E-state index >= 15 is 0 Å². The van der Waals surface area contributed by atoms with Crippen LogP contribution in [-0.2, 0) is 48.9 Å². The molecule has 2 unspecified atom stereocenters. The number of piperazine rings is 2. The number of fused-ring (bicyclic) bond motifs is 4. The van der Waals surface area contributed by atoms with Crippen molar-refractivity contribution < 1.29 is 4.79 Å². The summed E-state index contributed by atoms with van der Waals surface area (Å²) in [5, 5.41) is 5.10. The summed E-state index contributed by atoms with van der Waals surface area (Å²) in [6.07, 6.45) is 22.4. The third-order valence-electron chi connectivity index (χ3n) is 16.9. The quantitative estimate of drug-likeness (QED) is 0.0589. The monoisotopic (exact) mass is 1130 g/mol. The molecule has 0 radical (unpaired) electrons. The summed E-state index contributed by atoms with van der Waals surface area (Å²) in [7, 11) is 0. The van der Waals surface area contributed by atoms with Crippen molar-refractivity contribution in [3.63, 3.8) is 0 Å². The van der Waals surface area contributed by atoms with Crippen molar-refractivity contribution in [1.82, 2.24) is 49.5 Å². The second-order valence-electron chi connectivity index (χ2n) is 21.9. The van der Waals surface area contributed by atoms with Gasteiger partial charge in [-0.3, -0.25) is 19.8 Å². The predicted octanol–water partition coefficient (Wildman–Crippen LogP) is 12.4. The van der Waals surface area contributed by atoms with Crippen LogP contribution in [0.25, 0.3) is 0 Å². The fraction of sp³-hybridized carbons (Fsp3) is 0.319. The zero-order valence-electron chi connectivity index (χ0n) is 46.8. The number of hydrogen-bond acceptors (Lipinski definition) is 9. The van der Waals surface area contributed by atoms with Gasteiger partial charge in [0, 0.05) is 99.3 Å². The largest absolute Gasteiger partial charge is 0.348 e. The first-order chi connectivity index (χ1) is 40.5. The number of pyridine rings is 2. The molecule has 82 heavy (non-hydrogen) atoms. The molecule has 2 saturated heterocycles. The standard InChI is InChI=1S/C26H24N2O.C25H30ClN5.C18H20ClN3/c29-19-11-10-18-25-20-28(21-27-25)26(22-12-4-1-5-13-22,23-14-6-2-7-15-23)24-16-8-3-9-17-24;26-21-8-9-23-20(16-21)7-6-19-4-3-10-28-24(19)25(23)31-14-12-30(13-15-31)11-2-1-5-22-17-27-18-29-22;19-15-5-6-16-14(12-15)4-3-13-2-1-7-21-17(13)18(16)22-10-8-20-9-11-22/h1-9,12-17,19-21H,10-11,18H2;3-4,8-10,16-18,25H,1-2,5-7,11-15H2,(H,27,29);1-2,5-7,12,18,20H,3-4,8-11H2. The highest BCUT2D eigenvalue weighted by atomic mass is 35.5. The van der Waals surface area contributed by atoms with Crippen LogP contribution in [0.3, 0.4) is 0 Å². The number of rotatable bonds is 15. The lowest BCUT2D eigenvalue weighted by Gasteiger charge is -2.39. The summed E-state index contributed by atoms with van der Waals surface area (Å²) in [6, 6.07) is 53.5. The van der Waals surface area contributed by atoms with Crippen LogP contribution in [0.15, 0.2) is 189 Å². The smallest absolute Gasteiger partial charge is 0.121 e. The Morgan fingerprint density at radius 2 is 1.10 bits per heavy atom. The fourth-order valence-corrected chi connectivity index (χ4v) is 13.2. The van der Waals surface area contributed by atoms with Crippen molar-refractivity contribution in [3.8, 4) is 0 Å². The first kappa shape index (κ1) is 56.8. The first-order valence-electron chi connectivity index (χ1n) is 29.4. The molecule has 6 heterocycles. The van der Waals surface area contributed by atoms with E-state index in [1.54, 1.807) is 6.33 Å². The van der Waals surface area contributed by atoms with E-state index in [1.807, 2.05) is 55.2 Å². The number of unbranched alkanes of at least 4 members (excludes halogenated alkanes) is 2. The van der Waals surface area contributed by atoms with Crippen LogP contribution in [-0.4, -0.2) is 109 Å². The van der Waals surface area contributed by atoms with E-state index in [-0.39, 0.29) is 12.1 Å². The van der Waals surface area contributed by atoms with Gasteiger partial charge in [0.15, 0.2) is 0 Å². The number of imidazole rings is 2. The molecule has 13 heteroatoms. The van der Waals surface area contributed by atoms with Gasteiger partial charge in [-0.2, -0.15) is 0 Å². The number of H-pyrrole nitrogens is 1. The van der Waals surface area contributed by atoms with Gasteiger partial charge in [-0.15, -0.1) is 0 Å². The summed E-state index contributed by atoms with van der Waals surface area (Å²) in [4.78, 5) is 40.1. The van der Waals surface area contributed by atoms with Gasteiger partial charge >= 0.3 is 0 Å². The van der Waals surface area contributed by atoms with Crippen molar-refractivity contribution in [2.24, 2.45) is 0 Å². The molecule has 0 saturated carbocycles. The third-order valence-corrected chi connectivity index (χ3v) is 17.3. The third kappa shape index (κ3) is 13.2. The van der Waals surface area contributed by atoms with Crippen molar-refractivity contribution in [2.45, 2.75) is 81.8 Å². The summed E-state index contributed by atoms with van der Waals surface area (Å²) in [5.41, 5.74) is 15.9. The number of aryl methyl sites for hydroxylation is 6. The van der Waals surface area contributed by atoms with Gasteiger partial charge in [0.1, 0.15) is 11.8 Å². The molecule has 4 aromatic heterocycles. The minimum absolute atomic E-state index is 0.230. The number of aromatic nitrogens is 6. The Bertz CT molecular complexity index is 3340. The van der Waals surface area contributed by atoms with Crippen LogP contribution in [0.2, 0.25) is 10.0 Å². The highest BCUT2D eigenvalue weighted by Gasteiger charge is 2.39. The summed E-state index contributed by atoms with van der Waals surface area (Å²) < 4.78 is 2.21. The summed E-state index contributed by atoms with van der Waals surface area (Å²) in [5.74, 6) is 0. The molecule has 2 N–H and O–H groups in total. The van der Waals surface area contributed by atoms with Crippen LogP contribution >= 0.6 is 23.2 Å². The Labute approximate surface area is 493 Å². The van der Waals surface area contributed by atoms with Gasteiger partial charge in [0.2, 0.25) is 0 Å². The number of benzene rings is 5. The lowest BCUT2D eigenvalue weighted by molar-refractivity contribution is -0.107. The maximum absolute atomic E-state index is 10.7. The average Bonchev–Trinajstić information content (AvgIpc) is 4.29. The zero-order chi connectivity index (χ0) is 55.9. The van der Waals surface area contributed by atoms with E-state index in [0.29, 0.717) is 6.42 Å². The topological polar surface area (TPSA) is 111 Å². The molecular weight excluding hydrogens is 1060 g/mol. The van der Waals surface area contributed by atoms with Gasteiger partial charge in [-0.1, -0.05) is 138 Å². The normalized spacial score (nSPS) is 17.2. The molecule has 9 aromatic rings. The molecule has 0 amide bonds. The number of nitrogens with one attached hydrogen (secondary N) is 2. The van der Waals surface area contributed by atoms with E-state index < -0.39 is 5.54 Å². The van der Waals surface area contributed by atoms with Gasteiger partial charge in [0.05, 0.1) is 41.8 Å². The van der Waals surface area contributed by atoms with E-state index in [1.165, 1.54) is 86.5 Å². The second kappa shape index (κ2) is 27.8. The van der Waals surface area contributed by atoms with Gasteiger partial charge in [-0.25, -0.2) is 9.97 Å². The molecular formula is C69H74Cl2N10O. The Hall–Kier alpha value is -7.09. The Morgan fingerprint density at radius 1 is 0.561 bits per heavy atom. The van der Waals surface area contributed by atoms with Crippen LogP contribution in [0.1, 0.15) is 111 Å². The van der Waals surface area contributed by atoms with E-state index in [0.717, 1.165) is 119 Å². The van der Waals surface area contributed by atoms with Crippen LogP contribution < -0.4 is 5.32 Å². The van der Waals surface area contributed by atoms with Crippen molar-refractivity contribution in [1.29, 1.82) is 0 Å². The molecule has 2 atom stereocenters. The highest BCUT2D eigenvalue weighted by molar-refractivity contribution is 6.31. The Morgan fingerprint density at radius 3 is 1.62 bits per heavy atom.